The quantitative estimate of drug-likeness (QED) is 0.313. The Hall–Kier alpha value is -2.90. The Morgan fingerprint density at radius 3 is 2.64 bits per heavy atom. The molecule has 6 nitrogen and oxygen atoms in total. The van der Waals surface area contributed by atoms with Crippen LogP contribution in [-0.4, -0.2) is 51.9 Å². The lowest BCUT2D eigenvalue weighted by molar-refractivity contribution is 0.188. The van der Waals surface area contributed by atoms with Gasteiger partial charge in [0.25, 0.3) is 0 Å². The number of hydrogen-bond donors (Lipinski definition) is 1. The van der Waals surface area contributed by atoms with Crippen LogP contribution in [-0.2, 0) is 0 Å². The number of pyridine rings is 1. The first-order valence-electron chi connectivity index (χ1n) is 12.5. The summed E-state index contributed by atoms with van der Waals surface area (Å²) in [4.78, 5) is 10.3. The minimum Gasteiger partial charge on any atom is -0.496 e. The first-order valence-corrected chi connectivity index (χ1v) is 12.9. The highest BCUT2D eigenvalue weighted by Crippen LogP contribution is 2.41. The van der Waals surface area contributed by atoms with Crippen molar-refractivity contribution in [3.8, 4) is 16.9 Å². The highest BCUT2D eigenvalue weighted by Gasteiger charge is 2.26. The minimum absolute atomic E-state index is 0.0847. The molecule has 36 heavy (non-hydrogen) atoms. The molecular weight excluding hydrogens is 477 g/mol. The van der Waals surface area contributed by atoms with Crippen LogP contribution in [0.3, 0.4) is 0 Å². The average molecular weight is 510 g/mol. The lowest BCUT2D eigenvalue weighted by Gasteiger charge is -2.33. The van der Waals surface area contributed by atoms with Gasteiger partial charge in [-0.25, -0.2) is 9.37 Å². The number of benzene rings is 1. The van der Waals surface area contributed by atoms with E-state index in [2.05, 4.69) is 41.7 Å². The highest BCUT2D eigenvalue weighted by atomic mass is 35.5. The number of hydrogen-bond acceptors (Lipinski definition) is 4. The van der Waals surface area contributed by atoms with E-state index in [0.29, 0.717) is 23.4 Å². The summed E-state index contributed by atoms with van der Waals surface area (Å²) in [6.07, 6.45) is 10.4. The molecule has 0 radical (unpaired) electrons. The Morgan fingerprint density at radius 2 is 1.94 bits per heavy atom. The molecule has 0 aliphatic heterocycles. The van der Waals surface area contributed by atoms with Crippen LogP contribution in [0.15, 0.2) is 36.8 Å². The summed E-state index contributed by atoms with van der Waals surface area (Å²) >= 11 is 6.40. The maximum Gasteiger partial charge on any atom is 0.142 e. The van der Waals surface area contributed by atoms with Gasteiger partial charge in [0, 0.05) is 52.1 Å². The lowest BCUT2D eigenvalue weighted by Crippen LogP contribution is -2.33. The lowest BCUT2D eigenvalue weighted by atomic mass is 9.90. The molecule has 1 fully saturated rings. The molecule has 1 aliphatic carbocycles. The van der Waals surface area contributed by atoms with Crippen molar-refractivity contribution >= 4 is 22.6 Å². The first kappa shape index (κ1) is 24.8. The maximum atomic E-state index is 14.3. The zero-order valence-electron chi connectivity index (χ0n) is 21.5. The van der Waals surface area contributed by atoms with E-state index in [1.54, 1.807) is 13.2 Å². The van der Waals surface area contributed by atoms with Crippen molar-refractivity contribution in [1.82, 2.24) is 24.6 Å². The molecule has 3 heterocycles. The Bertz CT molecular complexity index is 1390. The summed E-state index contributed by atoms with van der Waals surface area (Å²) in [5.74, 6) is -0.0984. The fourth-order valence-electron chi connectivity index (χ4n) is 5.71. The number of fused-ring (bicyclic) bond motifs is 1. The number of rotatable bonds is 6. The van der Waals surface area contributed by atoms with Crippen LogP contribution in [0.1, 0.15) is 61.4 Å². The van der Waals surface area contributed by atoms with Gasteiger partial charge in [-0.15, -0.1) is 0 Å². The van der Waals surface area contributed by atoms with E-state index in [1.165, 1.54) is 18.9 Å². The Morgan fingerprint density at radius 1 is 1.19 bits per heavy atom. The predicted molar refractivity (Wildman–Crippen MR) is 143 cm³/mol. The molecule has 190 valence electrons. The molecule has 1 atom stereocenters. The minimum atomic E-state index is -0.458. The normalized spacial score (nSPS) is 19.2. The van der Waals surface area contributed by atoms with Crippen molar-refractivity contribution in [2.45, 2.75) is 57.5 Å². The van der Waals surface area contributed by atoms with Crippen molar-refractivity contribution < 1.29 is 9.13 Å². The largest absolute Gasteiger partial charge is 0.496 e. The zero-order chi connectivity index (χ0) is 25.6. The molecule has 3 aromatic heterocycles. The third-order valence-corrected chi connectivity index (χ3v) is 8.26. The SMILES string of the molecule is COc1ccc(F)c(Cl)c1C(C)c1c[nH]c2ncc(-c3cnn(C4CCC(N(C)C)CC4)c3C)cc12. The van der Waals surface area contributed by atoms with Crippen LogP contribution >= 0.6 is 11.6 Å². The second-order valence-corrected chi connectivity index (χ2v) is 10.5. The van der Waals surface area contributed by atoms with E-state index in [1.807, 2.05) is 25.5 Å². The van der Waals surface area contributed by atoms with Crippen molar-refractivity contribution in [2.75, 3.05) is 21.2 Å². The fourth-order valence-corrected chi connectivity index (χ4v) is 6.03. The first-order chi connectivity index (χ1) is 17.3. The van der Waals surface area contributed by atoms with E-state index in [0.717, 1.165) is 46.3 Å². The average Bonchev–Trinajstić information content (AvgIpc) is 3.48. The van der Waals surface area contributed by atoms with Crippen LogP contribution in [0, 0.1) is 12.7 Å². The molecule has 1 aliphatic rings. The number of aromatic amines is 1. The number of H-pyrrole nitrogens is 1. The van der Waals surface area contributed by atoms with Crippen LogP contribution < -0.4 is 4.74 Å². The van der Waals surface area contributed by atoms with Gasteiger partial charge in [-0.1, -0.05) is 18.5 Å². The molecule has 5 rings (SSSR count). The molecule has 4 aromatic rings. The predicted octanol–water partition coefficient (Wildman–Crippen LogP) is 6.73. The van der Waals surface area contributed by atoms with E-state index in [-0.39, 0.29) is 10.9 Å². The number of methoxy groups -OCH3 is 1. The van der Waals surface area contributed by atoms with Crippen molar-refractivity contribution in [3.05, 3.63) is 64.5 Å². The van der Waals surface area contributed by atoms with Gasteiger partial charge in [-0.2, -0.15) is 5.10 Å². The second kappa shape index (κ2) is 9.87. The van der Waals surface area contributed by atoms with Crippen LogP contribution in [0.2, 0.25) is 5.02 Å². The second-order valence-electron chi connectivity index (χ2n) is 10.1. The molecule has 0 amide bonds. The standard InChI is InChI=1S/C28H33ClFN5O/c1-16(26-25(36-5)11-10-24(30)27(26)29)22-14-32-28-21(22)12-18(13-31-28)23-15-33-35(17(23)2)20-8-6-19(7-9-20)34(3)4/h10-16,19-20H,6-9H2,1-5H3,(H,31,32). The van der Waals surface area contributed by atoms with Gasteiger partial charge in [-0.3, -0.25) is 4.68 Å². The van der Waals surface area contributed by atoms with Gasteiger partial charge >= 0.3 is 0 Å². The Labute approximate surface area is 216 Å². The Balaban J connectivity index is 1.49. The summed E-state index contributed by atoms with van der Waals surface area (Å²) in [7, 11) is 5.90. The van der Waals surface area contributed by atoms with Gasteiger partial charge in [-0.05, 0) is 70.5 Å². The molecule has 1 saturated carbocycles. The van der Waals surface area contributed by atoms with Gasteiger partial charge < -0.3 is 14.6 Å². The topological polar surface area (TPSA) is 59.0 Å². The third kappa shape index (κ3) is 4.28. The zero-order valence-corrected chi connectivity index (χ0v) is 22.2. The van der Waals surface area contributed by atoms with Crippen molar-refractivity contribution in [2.24, 2.45) is 0 Å². The Kier molecular flexibility index (Phi) is 6.79. The summed E-state index contributed by atoms with van der Waals surface area (Å²) in [6.45, 7) is 4.15. The van der Waals surface area contributed by atoms with E-state index >= 15 is 0 Å². The molecule has 1 aromatic carbocycles. The molecule has 0 bridgehead atoms. The molecule has 0 spiro atoms. The highest BCUT2D eigenvalue weighted by molar-refractivity contribution is 6.31. The number of ether oxygens (including phenoxy) is 1. The van der Waals surface area contributed by atoms with Crippen LogP contribution in [0.5, 0.6) is 5.75 Å². The number of nitrogens with zero attached hydrogens (tertiary/aromatic N) is 4. The van der Waals surface area contributed by atoms with Gasteiger partial charge in [0.05, 0.1) is 24.4 Å². The van der Waals surface area contributed by atoms with Crippen LogP contribution in [0.4, 0.5) is 4.39 Å². The summed E-state index contributed by atoms with van der Waals surface area (Å²) in [6, 6.07) is 6.18. The summed E-state index contributed by atoms with van der Waals surface area (Å²) in [5.41, 5.74) is 5.64. The number of nitrogens with one attached hydrogen (secondary N) is 1. The molecular formula is C28H33ClFN5O. The van der Waals surface area contributed by atoms with Crippen molar-refractivity contribution in [1.29, 1.82) is 0 Å². The summed E-state index contributed by atoms with van der Waals surface area (Å²) < 4.78 is 22.0. The third-order valence-electron chi connectivity index (χ3n) is 7.87. The maximum absolute atomic E-state index is 14.3. The van der Waals surface area contributed by atoms with E-state index < -0.39 is 5.82 Å². The summed E-state index contributed by atoms with van der Waals surface area (Å²) in [5, 5.41) is 5.85. The molecule has 0 saturated heterocycles. The van der Waals surface area contributed by atoms with Crippen LogP contribution in [0.25, 0.3) is 22.2 Å². The van der Waals surface area contributed by atoms with Crippen molar-refractivity contribution in [3.63, 3.8) is 0 Å². The number of halogens is 2. The van der Waals surface area contributed by atoms with Gasteiger partial charge in [0.2, 0.25) is 0 Å². The molecule has 1 unspecified atom stereocenters. The smallest absolute Gasteiger partial charge is 0.142 e. The monoisotopic (exact) mass is 509 g/mol. The fraction of sp³-hybridized carbons (Fsp3) is 0.429. The molecule has 8 heteroatoms. The van der Waals surface area contributed by atoms with E-state index in [4.69, 9.17) is 26.4 Å². The number of aromatic nitrogens is 4. The van der Waals surface area contributed by atoms with Gasteiger partial charge in [0.1, 0.15) is 17.2 Å². The molecule has 1 N–H and O–H groups in total. The van der Waals surface area contributed by atoms with Gasteiger partial charge in [0.15, 0.2) is 0 Å². The van der Waals surface area contributed by atoms with E-state index in [9.17, 15) is 4.39 Å².